The Hall–Kier alpha value is -0.680. The Morgan fingerprint density at radius 2 is 1.95 bits per heavy atom. The first-order valence-electron chi connectivity index (χ1n) is 7.00. The molecule has 2 N–H and O–H groups in total. The average molecular weight is 328 g/mol. The van der Waals surface area contributed by atoms with Crippen molar-refractivity contribution in [3.63, 3.8) is 0 Å². The second kappa shape index (κ2) is 6.18. The van der Waals surface area contributed by atoms with Crippen LogP contribution in [0.1, 0.15) is 57.0 Å². The van der Waals surface area contributed by atoms with Crippen LogP contribution in [0.3, 0.4) is 0 Å². The van der Waals surface area contributed by atoms with Crippen LogP contribution < -0.4 is 5.73 Å². The van der Waals surface area contributed by atoms with Gasteiger partial charge in [-0.05, 0) is 35.2 Å². The number of hydrogen-bond donors (Lipinski definition) is 1. The number of nitrogens with two attached hydrogens (primary N) is 1. The van der Waals surface area contributed by atoms with Gasteiger partial charge in [-0.3, -0.25) is 0 Å². The number of rotatable bonds is 4. The molecule has 2 rings (SSSR count). The maximum Gasteiger partial charge on any atom is 0.162 e. The van der Waals surface area contributed by atoms with E-state index >= 15 is 0 Å². The van der Waals surface area contributed by atoms with E-state index in [1.54, 1.807) is 7.11 Å². The van der Waals surface area contributed by atoms with Crippen LogP contribution in [0.2, 0.25) is 0 Å². The maximum absolute atomic E-state index is 6.02. The molecule has 0 amide bonds. The van der Waals surface area contributed by atoms with Crippen LogP contribution in [0.15, 0.2) is 4.47 Å². The number of halogens is 1. The van der Waals surface area contributed by atoms with Crippen molar-refractivity contribution in [1.82, 2.24) is 9.97 Å². The van der Waals surface area contributed by atoms with E-state index in [4.69, 9.17) is 15.5 Å². The molecule has 1 saturated carbocycles. The minimum Gasteiger partial charge on any atom is -0.383 e. The molecule has 0 unspecified atom stereocenters. The minimum atomic E-state index is -0.338. The molecule has 0 aliphatic heterocycles. The molecule has 0 saturated heterocycles. The van der Waals surface area contributed by atoms with E-state index in [0.717, 1.165) is 54.5 Å². The Balaban J connectivity index is 2.42. The van der Waals surface area contributed by atoms with Gasteiger partial charge in [0.2, 0.25) is 0 Å². The molecular weight excluding hydrogens is 306 g/mol. The van der Waals surface area contributed by atoms with Gasteiger partial charge in [0, 0.05) is 7.11 Å². The van der Waals surface area contributed by atoms with Gasteiger partial charge in [-0.1, -0.05) is 32.6 Å². The predicted molar refractivity (Wildman–Crippen MR) is 79.9 cm³/mol. The van der Waals surface area contributed by atoms with E-state index in [1.807, 2.05) is 0 Å². The van der Waals surface area contributed by atoms with Crippen molar-refractivity contribution in [3.05, 3.63) is 16.0 Å². The Morgan fingerprint density at radius 3 is 2.53 bits per heavy atom. The van der Waals surface area contributed by atoms with Crippen LogP contribution in [0, 0.1) is 0 Å². The first-order valence-corrected chi connectivity index (χ1v) is 7.80. The molecule has 1 aliphatic rings. The molecule has 5 heteroatoms. The first kappa shape index (κ1) is 14.7. The predicted octanol–water partition coefficient (Wildman–Crippen LogP) is 3.58. The highest BCUT2D eigenvalue weighted by Gasteiger charge is 2.37. The van der Waals surface area contributed by atoms with Gasteiger partial charge in [0.05, 0.1) is 10.2 Å². The third-order valence-corrected chi connectivity index (χ3v) is 4.76. The SMILES string of the molecule is CCCc1nc(C2(OC)CCCCC2)nc(N)c1Br. The number of ether oxygens (including phenoxy) is 1. The van der Waals surface area contributed by atoms with E-state index in [1.165, 1.54) is 6.42 Å². The summed E-state index contributed by atoms with van der Waals surface area (Å²) in [5.74, 6) is 1.29. The molecule has 19 heavy (non-hydrogen) atoms. The lowest BCUT2D eigenvalue weighted by molar-refractivity contribution is -0.0515. The minimum absolute atomic E-state index is 0.338. The first-order chi connectivity index (χ1) is 9.13. The summed E-state index contributed by atoms with van der Waals surface area (Å²) in [5, 5.41) is 0. The molecule has 0 spiro atoms. The van der Waals surface area contributed by atoms with Gasteiger partial charge >= 0.3 is 0 Å². The van der Waals surface area contributed by atoms with Crippen LogP contribution in [0.4, 0.5) is 5.82 Å². The molecule has 1 aromatic heterocycles. The molecule has 1 fully saturated rings. The van der Waals surface area contributed by atoms with Gasteiger partial charge < -0.3 is 10.5 Å². The third-order valence-electron chi connectivity index (χ3n) is 3.89. The van der Waals surface area contributed by atoms with Crippen molar-refractivity contribution >= 4 is 21.7 Å². The summed E-state index contributed by atoms with van der Waals surface area (Å²) in [5.41, 5.74) is 6.67. The van der Waals surface area contributed by atoms with Crippen LogP contribution in [-0.4, -0.2) is 17.1 Å². The number of nitrogen functional groups attached to an aromatic ring is 1. The smallest absolute Gasteiger partial charge is 0.162 e. The fourth-order valence-corrected chi connectivity index (χ4v) is 3.14. The lowest BCUT2D eigenvalue weighted by Gasteiger charge is -2.34. The Labute approximate surface area is 123 Å². The number of aromatic nitrogens is 2. The van der Waals surface area contributed by atoms with E-state index in [9.17, 15) is 0 Å². The van der Waals surface area contributed by atoms with Gasteiger partial charge in [0.25, 0.3) is 0 Å². The largest absolute Gasteiger partial charge is 0.383 e. The van der Waals surface area contributed by atoms with Crippen LogP contribution >= 0.6 is 15.9 Å². The zero-order valence-electron chi connectivity index (χ0n) is 11.7. The number of hydrogen-bond acceptors (Lipinski definition) is 4. The van der Waals surface area contributed by atoms with E-state index < -0.39 is 0 Å². The normalized spacial score (nSPS) is 18.5. The Morgan fingerprint density at radius 1 is 1.26 bits per heavy atom. The summed E-state index contributed by atoms with van der Waals surface area (Å²) in [4.78, 5) is 9.20. The molecular formula is C14H22BrN3O. The molecule has 1 aromatic rings. The van der Waals surface area contributed by atoms with Crippen molar-refractivity contribution in [3.8, 4) is 0 Å². The van der Waals surface area contributed by atoms with Crippen LogP contribution in [0.5, 0.6) is 0 Å². The van der Waals surface area contributed by atoms with Crippen LogP contribution in [-0.2, 0) is 16.8 Å². The molecule has 106 valence electrons. The zero-order chi connectivity index (χ0) is 13.9. The van der Waals surface area contributed by atoms with Gasteiger partial charge in [0.15, 0.2) is 5.82 Å². The number of nitrogens with zero attached hydrogens (tertiary/aromatic N) is 2. The standard InChI is InChI=1S/C14H22BrN3O/c1-3-7-10-11(15)12(16)18-13(17-10)14(19-2)8-5-4-6-9-14/h3-9H2,1-2H3,(H2,16,17,18). The lowest BCUT2D eigenvalue weighted by atomic mass is 9.84. The summed E-state index contributed by atoms with van der Waals surface area (Å²) in [6.45, 7) is 2.14. The highest BCUT2D eigenvalue weighted by molar-refractivity contribution is 9.10. The van der Waals surface area contributed by atoms with Gasteiger partial charge in [-0.15, -0.1) is 0 Å². The van der Waals surface area contributed by atoms with Gasteiger partial charge in [-0.2, -0.15) is 0 Å². The van der Waals surface area contributed by atoms with Crippen molar-refractivity contribution in [2.75, 3.05) is 12.8 Å². The average Bonchev–Trinajstić information content (AvgIpc) is 2.44. The molecule has 4 nitrogen and oxygen atoms in total. The molecule has 0 atom stereocenters. The van der Waals surface area contributed by atoms with Gasteiger partial charge in [-0.25, -0.2) is 9.97 Å². The molecule has 1 aliphatic carbocycles. The Bertz CT molecular complexity index is 445. The van der Waals surface area contributed by atoms with Crippen LogP contribution in [0.25, 0.3) is 0 Å². The summed E-state index contributed by atoms with van der Waals surface area (Å²) in [6, 6.07) is 0. The highest BCUT2D eigenvalue weighted by Crippen LogP contribution is 2.39. The fraction of sp³-hybridized carbons (Fsp3) is 0.714. The molecule has 1 heterocycles. The van der Waals surface area contributed by atoms with Gasteiger partial charge in [0.1, 0.15) is 11.4 Å². The monoisotopic (exact) mass is 327 g/mol. The number of aryl methyl sites for hydroxylation is 1. The molecule has 0 bridgehead atoms. The number of anilines is 1. The summed E-state index contributed by atoms with van der Waals surface area (Å²) < 4.78 is 6.63. The topological polar surface area (TPSA) is 61.0 Å². The molecule has 0 radical (unpaired) electrons. The van der Waals surface area contributed by atoms with E-state index in [-0.39, 0.29) is 5.60 Å². The van der Waals surface area contributed by atoms with E-state index in [0.29, 0.717) is 5.82 Å². The fourth-order valence-electron chi connectivity index (χ4n) is 2.76. The second-order valence-electron chi connectivity index (χ2n) is 5.20. The third kappa shape index (κ3) is 2.92. The molecule has 0 aromatic carbocycles. The second-order valence-corrected chi connectivity index (χ2v) is 6.00. The van der Waals surface area contributed by atoms with Crippen molar-refractivity contribution in [2.24, 2.45) is 0 Å². The van der Waals surface area contributed by atoms with Crippen molar-refractivity contribution < 1.29 is 4.74 Å². The Kier molecular flexibility index (Phi) is 4.79. The van der Waals surface area contributed by atoms with E-state index in [2.05, 4.69) is 27.8 Å². The quantitative estimate of drug-likeness (QED) is 0.918. The summed E-state index contributed by atoms with van der Waals surface area (Å²) in [6.07, 6.45) is 7.49. The summed E-state index contributed by atoms with van der Waals surface area (Å²) in [7, 11) is 1.76. The van der Waals surface area contributed by atoms with Crippen molar-refractivity contribution in [2.45, 2.75) is 57.5 Å². The lowest BCUT2D eigenvalue weighted by Crippen LogP contribution is -2.34. The zero-order valence-corrected chi connectivity index (χ0v) is 13.3. The summed E-state index contributed by atoms with van der Waals surface area (Å²) >= 11 is 3.49. The number of methoxy groups -OCH3 is 1. The maximum atomic E-state index is 6.02. The highest BCUT2D eigenvalue weighted by atomic mass is 79.9. The van der Waals surface area contributed by atoms with Crippen molar-refractivity contribution in [1.29, 1.82) is 0 Å².